The van der Waals surface area contributed by atoms with E-state index in [2.05, 4.69) is 20.8 Å². The third-order valence-electron chi connectivity index (χ3n) is 3.94. The maximum absolute atomic E-state index is 12.4. The Morgan fingerprint density at radius 2 is 1.89 bits per heavy atom. The predicted molar refractivity (Wildman–Crippen MR) is 101 cm³/mol. The van der Waals surface area contributed by atoms with Crippen LogP contribution in [0.4, 0.5) is 5.69 Å². The van der Waals surface area contributed by atoms with Crippen LogP contribution in [0.5, 0.6) is 0 Å². The van der Waals surface area contributed by atoms with E-state index >= 15 is 0 Å². The molecule has 1 aromatic heterocycles. The highest BCUT2D eigenvalue weighted by Gasteiger charge is 2.17. The quantitative estimate of drug-likeness (QED) is 0.701. The zero-order valence-corrected chi connectivity index (χ0v) is 15.1. The lowest BCUT2D eigenvalue weighted by molar-refractivity contribution is -0.117. The molecular weight excluding hydrogens is 344 g/mol. The van der Waals surface area contributed by atoms with Crippen LogP contribution >= 0.6 is 0 Å². The topological polar surface area (TPSA) is 97.1 Å². The first-order valence-corrected chi connectivity index (χ1v) is 8.66. The first-order valence-electron chi connectivity index (χ1n) is 8.66. The Bertz CT molecular complexity index is 937. The van der Waals surface area contributed by atoms with Crippen molar-refractivity contribution in [3.63, 3.8) is 0 Å². The van der Waals surface area contributed by atoms with E-state index in [1.54, 1.807) is 49.4 Å². The second-order valence-electron chi connectivity index (χ2n) is 6.00. The fraction of sp³-hybridized carbons (Fsp3) is 0.200. The van der Waals surface area contributed by atoms with E-state index in [4.69, 9.17) is 4.52 Å². The first-order chi connectivity index (χ1) is 13.1. The molecule has 0 bridgehead atoms. The van der Waals surface area contributed by atoms with Crippen molar-refractivity contribution >= 4 is 17.5 Å². The summed E-state index contributed by atoms with van der Waals surface area (Å²) in [5.41, 5.74) is 1.82. The lowest BCUT2D eigenvalue weighted by atomic mass is 10.1. The number of hydrogen-bond donors (Lipinski definition) is 2. The molecule has 0 radical (unpaired) electrons. The molecule has 1 unspecified atom stereocenters. The first kappa shape index (κ1) is 18.3. The van der Waals surface area contributed by atoms with Crippen molar-refractivity contribution in [2.45, 2.75) is 26.3 Å². The maximum atomic E-state index is 12.4. The molecule has 0 aliphatic carbocycles. The zero-order valence-electron chi connectivity index (χ0n) is 15.1. The highest BCUT2D eigenvalue weighted by atomic mass is 16.5. The predicted octanol–water partition coefficient (Wildman–Crippen LogP) is 3.06. The summed E-state index contributed by atoms with van der Waals surface area (Å²) in [4.78, 5) is 28.8. The number of carbonyl (C=O) groups is 2. The van der Waals surface area contributed by atoms with Crippen LogP contribution in [0.2, 0.25) is 0 Å². The average molecular weight is 364 g/mol. The molecule has 0 aliphatic heterocycles. The number of amides is 2. The number of rotatable bonds is 6. The molecule has 0 saturated carbocycles. The number of carbonyl (C=O) groups excluding carboxylic acids is 2. The van der Waals surface area contributed by atoms with Crippen molar-refractivity contribution in [3.8, 4) is 11.4 Å². The largest absolute Gasteiger partial charge is 0.341 e. The summed E-state index contributed by atoms with van der Waals surface area (Å²) in [5.74, 6) is 0.398. The summed E-state index contributed by atoms with van der Waals surface area (Å²) in [6.07, 6.45) is 0.655. The number of anilines is 1. The highest BCUT2D eigenvalue weighted by Crippen LogP contribution is 2.20. The van der Waals surface area contributed by atoms with Crippen molar-refractivity contribution in [1.82, 2.24) is 15.5 Å². The van der Waals surface area contributed by atoms with Gasteiger partial charge in [-0.2, -0.15) is 4.98 Å². The molecule has 0 aliphatic rings. The lowest BCUT2D eigenvalue weighted by Crippen LogP contribution is -2.41. The van der Waals surface area contributed by atoms with Gasteiger partial charge < -0.3 is 15.2 Å². The normalized spacial score (nSPS) is 11.6. The van der Waals surface area contributed by atoms with Gasteiger partial charge >= 0.3 is 0 Å². The van der Waals surface area contributed by atoms with Gasteiger partial charge in [-0.1, -0.05) is 42.4 Å². The van der Waals surface area contributed by atoms with Gasteiger partial charge in [0.1, 0.15) is 6.04 Å². The Hall–Kier alpha value is -3.48. The summed E-state index contributed by atoms with van der Waals surface area (Å²) in [6.45, 7) is 3.56. The number of benzene rings is 2. The van der Waals surface area contributed by atoms with Crippen molar-refractivity contribution in [1.29, 1.82) is 0 Å². The van der Waals surface area contributed by atoms with Gasteiger partial charge in [-0.15, -0.1) is 0 Å². The van der Waals surface area contributed by atoms with Gasteiger partial charge in [0.2, 0.25) is 17.6 Å². The van der Waals surface area contributed by atoms with E-state index in [9.17, 15) is 9.59 Å². The number of aromatic nitrogens is 2. The highest BCUT2D eigenvalue weighted by molar-refractivity contribution is 6.01. The summed E-state index contributed by atoms with van der Waals surface area (Å²) in [5, 5.41) is 9.40. The van der Waals surface area contributed by atoms with E-state index < -0.39 is 6.04 Å². The molecule has 1 heterocycles. The van der Waals surface area contributed by atoms with Crippen LogP contribution in [0.3, 0.4) is 0 Å². The van der Waals surface area contributed by atoms with Crippen LogP contribution in [-0.2, 0) is 11.2 Å². The van der Waals surface area contributed by atoms with Gasteiger partial charge in [0.15, 0.2) is 0 Å². The van der Waals surface area contributed by atoms with Crippen LogP contribution in [0.25, 0.3) is 11.4 Å². The molecule has 2 N–H and O–H groups in total. The van der Waals surface area contributed by atoms with Crippen LogP contribution < -0.4 is 10.6 Å². The van der Waals surface area contributed by atoms with E-state index in [-0.39, 0.29) is 11.8 Å². The molecule has 138 valence electrons. The Morgan fingerprint density at radius 3 is 2.59 bits per heavy atom. The maximum Gasteiger partial charge on any atom is 0.251 e. The van der Waals surface area contributed by atoms with Gasteiger partial charge in [0.25, 0.3) is 5.91 Å². The molecule has 7 nitrogen and oxygen atoms in total. The van der Waals surface area contributed by atoms with Crippen LogP contribution in [0, 0.1) is 0 Å². The summed E-state index contributed by atoms with van der Waals surface area (Å²) in [7, 11) is 0. The van der Waals surface area contributed by atoms with Crippen LogP contribution in [-0.4, -0.2) is 28.0 Å². The van der Waals surface area contributed by atoms with E-state index in [0.29, 0.717) is 29.4 Å². The van der Waals surface area contributed by atoms with Crippen LogP contribution in [0.15, 0.2) is 59.1 Å². The number of hydrogen-bond acceptors (Lipinski definition) is 5. The second-order valence-corrected chi connectivity index (χ2v) is 6.00. The van der Waals surface area contributed by atoms with Gasteiger partial charge in [0.05, 0.1) is 0 Å². The molecule has 3 aromatic rings. The fourth-order valence-corrected chi connectivity index (χ4v) is 2.44. The molecule has 2 amide bonds. The Kier molecular flexibility index (Phi) is 5.61. The third-order valence-corrected chi connectivity index (χ3v) is 3.94. The molecule has 1 atom stereocenters. The summed E-state index contributed by atoms with van der Waals surface area (Å²) >= 11 is 0. The van der Waals surface area contributed by atoms with Gasteiger partial charge in [-0.05, 0) is 31.2 Å². The third kappa shape index (κ3) is 4.58. The standard InChI is InChI=1S/C20H20N4O3/c1-3-17-23-18(24-27-17)15-10-7-11-16(12-15)22-19(25)13(2)21-20(26)14-8-5-4-6-9-14/h4-13H,3H2,1-2H3,(H,21,26)(H,22,25). The summed E-state index contributed by atoms with van der Waals surface area (Å²) < 4.78 is 5.12. The van der Waals surface area contributed by atoms with Gasteiger partial charge in [0, 0.05) is 23.2 Å². The van der Waals surface area contributed by atoms with Gasteiger partial charge in [-0.25, -0.2) is 0 Å². The number of aryl methyl sites for hydroxylation is 1. The number of nitrogens with zero attached hydrogens (tertiary/aromatic N) is 2. The van der Waals surface area contributed by atoms with Crippen molar-refractivity contribution in [3.05, 3.63) is 66.1 Å². The Morgan fingerprint density at radius 1 is 1.11 bits per heavy atom. The molecule has 0 saturated heterocycles. The number of nitrogens with one attached hydrogen (secondary N) is 2. The fourth-order valence-electron chi connectivity index (χ4n) is 2.44. The molecule has 27 heavy (non-hydrogen) atoms. The SMILES string of the molecule is CCc1nc(-c2cccc(NC(=O)C(C)NC(=O)c3ccccc3)c2)no1. The summed E-state index contributed by atoms with van der Waals surface area (Å²) in [6, 6.07) is 15.2. The molecule has 2 aromatic carbocycles. The van der Waals surface area contributed by atoms with E-state index in [1.807, 2.05) is 19.1 Å². The smallest absolute Gasteiger partial charge is 0.251 e. The Labute approximate surface area is 156 Å². The zero-order chi connectivity index (χ0) is 19.2. The second kappa shape index (κ2) is 8.27. The molecule has 3 rings (SSSR count). The van der Waals surface area contributed by atoms with Crippen molar-refractivity contribution < 1.29 is 14.1 Å². The van der Waals surface area contributed by atoms with Crippen molar-refractivity contribution in [2.75, 3.05) is 5.32 Å². The van der Waals surface area contributed by atoms with Crippen LogP contribution in [0.1, 0.15) is 30.1 Å². The monoisotopic (exact) mass is 364 g/mol. The minimum absolute atomic E-state index is 0.300. The Balaban J connectivity index is 1.65. The molecular formula is C20H20N4O3. The average Bonchev–Trinajstić information content (AvgIpc) is 3.18. The van der Waals surface area contributed by atoms with E-state index in [0.717, 1.165) is 5.56 Å². The molecule has 0 fully saturated rings. The lowest BCUT2D eigenvalue weighted by Gasteiger charge is -2.14. The molecule has 0 spiro atoms. The minimum Gasteiger partial charge on any atom is -0.341 e. The minimum atomic E-state index is -0.696. The molecule has 7 heteroatoms. The van der Waals surface area contributed by atoms with Crippen molar-refractivity contribution in [2.24, 2.45) is 0 Å². The van der Waals surface area contributed by atoms with Gasteiger partial charge in [-0.3, -0.25) is 9.59 Å². The van der Waals surface area contributed by atoms with E-state index in [1.165, 1.54) is 0 Å².